The van der Waals surface area contributed by atoms with Crippen molar-refractivity contribution in [3.8, 4) is 5.75 Å². The Morgan fingerprint density at radius 2 is 1.50 bits per heavy atom. The highest BCUT2D eigenvalue weighted by Crippen LogP contribution is 2.43. The molecule has 4 rings (SSSR count). The third-order valence-electron chi connectivity index (χ3n) is 7.03. The maximum Gasteiger partial charge on any atom is 0.308 e. The molecule has 0 aliphatic carbocycles. The first-order valence-corrected chi connectivity index (χ1v) is 12.6. The van der Waals surface area contributed by atoms with Gasteiger partial charge in [0.1, 0.15) is 11.5 Å². The molecule has 1 unspecified atom stereocenters. The second-order valence-electron chi connectivity index (χ2n) is 10.9. The summed E-state index contributed by atoms with van der Waals surface area (Å²) in [6, 6.07) is 17.1. The van der Waals surface area contributed by atoms with Crippen molar-refractivity contribution >= 4 is 29.1 Å². The van der Waals surface area contributed by atoms with E-state index in [1.165, 1.54) is 11.8 Å². The lowest BCUT2D eigenvalue weighted by molar-refractivity contribution is -0.132. The van der Waals surface area contributed by atoms with Crippen molar-refractivity contribution in [2.45, 2.75) is 59.9 Å². The van der Waals surface area contributed by atoms with Gasteiger partial charge >= 0.3 is 5.97 Å². The van der Waals surface area contributed by atoms with Gasteiger partial charge in [-0.15, -0.1) is 0 Å². The van der Waals surface area contributed by atoms with E-state index in [0.29, 0.717) is 22.6 Å². The second kappa shape index (κ2) is 9.93. The van der Waals surface area contributed by atoms with E-state index >= 15 is 0 Å². The average Bonchev–Trinajstić information content (AvgIpc) is 3.10. The van der Waals surface area contributed by atoms with Crippen molar-refractivity contribution in [2.24, 2.45) is 0 Å². The van der Waals surface area contributed by atoms with E-state index in [2.05, 4.69) is 20.8 Å². The lowest BCUT2D eigenvalue weighted by atomic mass is 9.84. The molecule has 1 aliphatic heterocycles. The molecule has 1 aliphatic rings. The number of esters is 1. The summed E-state index contributed by atoms with van der Waals surface area (Å²) >= 11 is 0. The molecule has 0 radical (unpaired) electrons. The van der Waals surface area contributed by atoms with Crippen molar-refractivity contribution in [3.05, 3.63) is 99.6 Å². The lowest BCUT2D eigenvalue weighted by Gasteiger charge is -2.26. The second-order valence-corrected chi connectivity index (χ2v) is 10.9. The van der Waals surface area contributed by atoms with Crippen molar-refractivity contribution in [1.29, 1.82) is 0 Å². The number of nitrogens with zero attached hydrogens (tertiary/aromatic N) is 1. The molecule has 6 nitrogen and oxygen atoms in total. The number of hydrogen-bond acceptors (Lipinski definition) is 5. The summed E-state index contributed by atoms with van der Waals surface area (Å²) in [5.74, 6) is -1.79. The highest BCUT2D eigenvalue weighted by Gasteiger charge is 2.47. The van der Waals surface area contributed by atoms with E-state index in [-0.39, 0.29) is 16.7 Å². The minimum absolute atomic E-state index is 0.0163. The summed E-state index contributed by atoms with van der Waals surface area (Å²) in [6.07, 6.45) is 0. The minimum atomic E-state index is -0.874. The van der Waals surface area contributed by atoms with Crippen molar-refractivity contribution in [3.63, 3.8) is 0 Å². The normalized spacial score (nSPS) is 17.1. The highest BCUT2D eigenvalue weighted by atomic mass is 16.5. The summed E-state index contributed by atoms with van der Waals surface area (Å²) in [6.45, 7) is 13.3. The topological polar surface area (TPSA) is 83.9 Å². The Bertz CT molecular complexity index is 1470. The van der Waals surface area contributed by atoms with Crippen LogP contribution >= 0.6 is 0 Å². The van der Waals surface area contributed by atoms with Crippen LogP contribution in [0.5, 0.6) is 5.75 Å². The van der Waals surface area contributed by atoms with Crippen LogP contribution in [-0.4, -0.2) is 22.8 Å². The summed E-state index contributed by atoms with van der Waals surface area (Å²) in [5, 5.41) is 11.7. The molecule has 1 heterocycles. The van der Waals surface area contributed by atoms with Gasteiger partial charge in [-0.3, -0.25) is 19.3 Å². The van der Waals surface area contributed by atoms with Gasteiger partial charge in [0.2, 0.25) is 0 Å². The Hall–Kier alpha value is -4.19. The fourth-order valence-electron chi connectivity index (χ4n) is 4.66. The monoisotopic (exact) mass is 511 g/mol. The Kier molecular flexibility index (Phi) is 7.02. The first kappa shape index (κ1) is 26.9. The number of aliphatic hydroxyl groups is 1. The van der Waals surface area contributed by atoms with E-state index in [0.717, 1.165) is 22.3 Å². The van der Waals surface area contributed by atoms with Crippen LogP contribution in [0.2, 0.25) is 0 Å². The SMILES string of the molecule is CC(=O)Oc1ccc(C2/C(=C(\O)c3cc(C(C)(C)C)ccc3C)C(=O)C(=O)N2c2ccc(C)c(C)c2)cc1. The standard InChI is InChI=1S/C32H33NO5/c1-18-9-13-24(16-20(18)3)33-28(22-10-14-25(15-11-22)38-21(4)34)27(30(36)31(33)37)29(35)26-17-23(32(5,6)7)12-8-19(26)2/h8-17,28,35H,1-7H3/b29-27+. The molecular formula is C32H33NO5. The maximum atomic E-state index is 13.6. The van der Waals surface area contributed by atoms with Gasteiger partial charge < -0.3 is 9.84 Å². The Balaban J connectivity index is 1.96. The zero-order valence-electron chi connectivity index (χ0n) is 22.9. The molecule has 0 aromatic heterocycles. The number of carbonyl (C=O) groups excluding carboxylic acids is 3. The van der Waals surface area contributed by atoms with Crippen LogP contribution in [0.25, 0.3) is 5.76 Å². The molecule has 0 saturated carbocycles. The summed E-state index contributed by atoms with van der Waals surface area (Å²) < 4.78 is 5.17. The number of amides is 1. The van der Waals surface area contributed by atoms with Gasteiger partial charge in [-0.2, -0.15) is 0 Å². The minimum Gasteiger partial charge on any atom is -0.507 e. The van der Waals surface area contributed by atoms with Gasteiger partial charge in [-0.1, -0.05) is 51.1 Å². The molecule has 6 heteroatoms. The molecule has 3 aromatic carbocycles. The van der Waals surface area contributed by atoms with Crippen LogP contribution in [0.4, 0.5) is 5.69 Å². The van der Waals surface area contributed by atoms with Crippen molar-refractivity contribution in [1.82, 2.24) is 0 Å². The number of Topliss-reactive ketones (excluding diaryl/α,β-unsaturated/α-hetero) is 1. The van der Waals surface area contributed by atoms with E-state index in [4.69, 9.17) is 4.74 Å². The number of hydrogen-bond donors (Lipinski definition) is 1. The van der Waals surface area contributed by atoms with E-state index in [1.807, 2.05) is 51.1 Å². The predicted octanol–water partition coefficient (Wildman–Crippen LogP) is 6.46. The number of benzene rings is 3. The quantitative estimate of drug-likeness (QED) is 0.143. The number of anilines is 1. The largest absolute Gasteiger partial charge is 0.507 e. The van der Waals surface area contributed by atoms with E-state index < -0.39 is 23.7 Å². The van der Waals surface area contributed by atoms with Crippen LogP contribution in [0.3, 0.4) is 0 Å². The van der Waals surface area contributed by atoms with Crippen LogP contribution < -0.4 is 9.64 Å². The zero-order valence-corrected chi connectivity index (χ0v) is 22.9. The third-order valence-corrected chi connectivity index (χ3v) is 7.03. The Morgan fingerprint density at radius 1 is 0.868 bits per heavy atom. The van der Waals surface area contributed by atoms with Crippen LogP contribution in [0.1, 0.15) is 67.1 Å². The number of ether oxygens (including phenoxy) is 1. The molecule has 1 atom stereocenters. The molecule has 196 valence electrons. The zero-order chi connectivity index (χ0) is 27.9. The molecule has 3 aromatic rings. The summed E-state index contributed by atoms with van der Waals surface area (Å²) in [4.78, 5) is 39.9. The Labute approximate surface area is 223 Å². The van der Waals surface area contributed by atoms with Gasteiger partial charge in [0.25, 0.3) is 11.7 Å². The fraction of sp³-hybridized carbons (Fsp3) is 0.281. The number of rotatable bonds is 4. The molecule has 38 heavy (non-hydrogen) atoms. The molecule has 0 bridgehead atoms. The summed E-state index contributed by atoms with van der Waals surface area (Å²) in [5.41, 5.74) is 5.32. The molecule has 1 amide bonds. The third kappa shape index (κ3) is 4.99. The van der Waals surface area contributed by atoms with E-state index in [9.17, 15) is 19.5 Å². The van der Waals surface area contributed by atoms with Crippen molar-refractivity contribution in [2.75, 3.05) is 4.90 Å². The molecule has 1 saturated heterocycles. The number of aliphatic hydroxyl groups excluding tert-OH is 1. The smallest absolute Gasteiger partial charge is 0.308 e. The number of ketones is 1. The Morgan fingerprint density at radius 3 is 2.08 bits per heavy atom. The van der Waals surface area contributed by atoms with Crippen molar-refractivity contribution < 1.29 is 24.2 Å². The molecule has 1 N–H and O–H groups in total. The van der Waals surface area contributed by atoms with Crippen LogP contribution in [-0.2, 0) is 19.8 Å². The molecule has 0 spiro atoms. The van der Waals surface area contributed by atoms with Crippen LogP contribution in [0, 0.1) is 20.8 Å². The maximum absolute atomic E-state index is 13.6. The highest BCUT2D eigenvalue weighted by molar-refractivity contribution is 6.51. The average molecular weight is 512 g/mol. The molecular weight excluding hydrogens is 478 g/mol. The first-order valence-electron chi connectivity index (χ1n) is 12.6. The van der Waals surface area contributed by atoms with E-state index in [1.54, 1.807) is 30.3 Å². The van der Waals surface area contributed by atoms with Gasteiger partial charge in [0, 0.05) is 18.2 Å². The number of carbonyl (C=O) groups is 3. The predicted molar refractivity (Wildman–Crippen MR) is 148 cm³/mol. The lowest BCUT2D eigenvalue weighted by Crippen LogP contribution is -2.29. The van der Waals surface area contributed by atoms with Crippen LogP contribution in [0.15, 0.2) is 66.2 Å². The van der Waals surface area contributed by atoms with Gasteiger partial charge in [-0.05, 0) is 84.3 Å². The van der Waals surface area contributed by atoms with Gasteiger partial charge in [0.05, 0.1) is 11.6 Å². The molecule has 1 fully saturated rings. The van der Waals surface area contributed by atoms with Gasteiger partial charge in [-0.25, -0.2) is 0 Å². The first-order chi connectivity index (χ1) is 17.8. The summed E-state index contributed by atoms with van der Waals surface area (Å²) in [7, 11) is 0. The number of aryl methyl sites for hydroxylation is 3. The fourth-order valence-corrected chi connectivity index (χ4v) is 4.66. The van der Waals surface area contributed by atoms with Gasteiger partial charge in [0.15, 0.2) is 0 Å².